The minimum atomic E-state index is -3.41. The van der Waals surface area contributed by atoms with Gasteiger partial charge in [0.2, 0.25) is 15.9 Å². The van der Waals surface area contributed by atoms with Gasteiger partial charge in [0.05, 0.1) is 11.4 Å². The Bertz CT molecular complexity index is 558. The normalized spacial score (nSPS) is 11.1. The Kier molecular flexibility index (Phi) is 5.62. The molecule has 1 amide bonds. The van der Waals surface area contributed by atoms with E-state index in [1.165, 1.54) is 6.92 Å². The van der Waals surface area contributed by atoms with Gasteiger partial charge in [-0.05, 0) is 31.0 Å². The van der Waals surface area contributed by atoms with Gasteiger partial charge in [0.15, 0.2) is 0 Å². The number of benzene rings is 1. The van der Waals surface area contributed by atoms with Gasteiger partial charge in [-0.25, -0.2) is 8.42 Å². The van der Waals surface area contributed by atoms with Crippen LogP contribution < -0.4 is 10.0 Å². The van der Waals surface area contributed by atoms with E-state index >= 15 is 0 Å². The Morgan fingerprint density at radius 2 is 2.05 bits per heavy atom. The average Bonchev–Trinajstić information content (AvgIpc) is 2.30. The summed E-state index contributed by atoms with van der Waals surface area (Å²) >= 11 is 5.48. The van der Waals surface area contributed by atoms with E-state index in [1.807, 2.05) is 0 Å². The molecule has 1 aromatic carbocycles. The second-order valence-electron chi connectivity index (χ2n) is 4.17. The van der Waals surface area contributed by atoms with E-state index in [2.05, 4.69) is 10.0 Å². The number of sulfonamides is 1. The maximum Gasteiger partial charge on any atom is 0.232 e. The number of hydrogen-bond acceptors (Lipinski definition) is 3. The van der Waals surface area contributed by atoms with Crippen LogP contribution in [0.5, 0.6) is 0 Å². The van der Waals surface area contributed by atoms with Gasteiger partial charge in [-0.3, -0.25) is 9.52 Å². The highest BCUT2D eigenvalue weighted by atomic mass is 35.5. The summed E-state index contributed by atoms with van der Waals surface area (Å²) < 4.78 is 26.1. The number of aryl methyl sites for hydroxylation is 1. The lowest BCUT2D eigenvalue weighted by Gasteiger charge is -2.12. The van der Waals surface area contributed by atoms with E-state index in [0.717, 1.165) is 5.56 Å². The topological polar surface area (TPSA) is 75.3 Å². The molecule has 0 heterocycles. The van der Waals surface area contributed by atoms with Gasteiger partial charge in [-0.2, -0.15) is 0 Å². The van der Waals surface area contributed by atoms with Crippen molar-refractivity contribution >= 4 is 38.9 Å². The molecule has 1 aromatic rings. The van der Waals surface area contributed by atoms with Crippen molar-refractivity contribution in [2.24, 2.45) is 0 Å². The molecule has 19 heavy (non-hydrogen) atoms. The van der Waals surface area contributed by atoms with Crippen LogP contribution in [0.25, 0.3) is 0 Å². The van der Waals surface area contributed by atoms with Gasteiger partial charge in [-0.1, -0.05) is 6.07 Å². The smallest absolute Gasteiger partial charge is 0.232 e. The van der Waals surface area contributed by atoms with Crippen molar-refractivity contribution in [2.75, 3.05) is 21.7 Å². The quantitative estimate of drug-likeness (QED) is 0.792. The molecule has 7 heteroatoms. The highest BCUT2D eigenvalue weighted by molar-refractivity contribution is 7.92. The molecule has 0 aromatic heterocycles. The predicted octanol–water partition coefficient (Wildman–Crippen LogP) is 2.32. The number of anilines is 2. The first-order valence-electron chi connectivity index (χ1n) is 5.79. The van der Waals surface area contributed by atoms with Crippen LogP contribution >= 0.6 is 11.6 Å². The molecule has 0 saturated carbocycles. The van der Waals surface area contributed by atoms with Crippen molar-refractivity contribution < 1.29 is 13.2 Å². The summed E-state index contributed by atoms with van der Waals surface area (Å²) in [4.78, 5) is 11.0. The molecular formula is C12H17ClN2O3S. The number of carbonyl (C=O) groups excluding carboxylic acids is 1. The van der Waals surface area contributed by atoms with Crippen LogP contribution in [0.4, 0.5) is 11.4 Å². The number of carbonyl (C=O) groups is 1. The maximum atomic E-state index is 11.8. The predicted molar refractivity (Wildman–Crippen MR) is 78.2 cm³/mol. The number of alkyl halides is 1. The third-order valence-electron chi connectivity index (χ3n) is 2.37. The van der Waals surface area contributed by atoms with E-state index in [-0.39, 0.29) is 11.7 Å². The molecular weight excluding hydrogens is 288 g/mol. The van der Waals surface area contributed by atoms with Crippen molar-refractivity contribution in [3.63, 3.8) is 0 Å². The van der Waals surface area contributed by atoms with Crippen LogP contribution in [0.15, 0.2) is 18.2 Å². The highest BCUT2D eigenvalue weighted by Crippen LogP contribution is 2.21. The Balaban J connectivity index is 2.90. The standard InChI is InChI=1S/C12H17ClN2O3S/c1-9-4-5-11(14-10(2)16)8-12(9)15-19(17,18)7-3-6-13/h4-5,8,15H,3,6-7H2,1-2H3,(H,14,16). The fourth-order valence-electron chi connectivity index (χ4n) is 1.48. The maximum absolute atomic E-state index is 11.8. The van der Waals surface area contributed by atoms with E-state index in [0.29, 0.717) is 23.7 Å². The van der Waals surface area contributed by atoms with Gasteiger partial charge < -0.3 is 5.32 Å². The molecule has 106 valence electrons. The molecule has 0 unspecified atom stereocenters. The molecule has 0 radical (unpaired) electrons. The number of hydrogen-bond donors (Lipinski definition) is 2. The van der Waals surface area contributed by atoms with Crippen molar-refractivity contribution in [1.29, 1.82) is 0 Å². The fourth-order valence-corrected chi connectivity index (χ4v) is 2.95. The lowest BCUT2D eigenvalue weighted by molar-refractivity contribution is -0.114. The monoisotopic (exact) mass is 304 g/mol. The second-order valence-corrected chi connectivity index (χ2v) is 6.39. The van der Waals surface area contributed by atoms with Crippen LogP contribution in [0.2, 0.25) is 0 Å². The summed E-state index contributed by atoms with van der Waals surface area (Å²) in [5.74, 6) is 0.0615. The Morgan fingerprint density at radius 3 is 2.63 bits per heavy atom. The van der Waals surface area contributed by atoms with Gasteiger partial charge >= 0.3 is 0 Å². The van der Waals surface area contributed by atoms with Gasteiger partial charge in [0.1, 0.15) is 0 Å². The number of rotatable bonds is 6. The van der Waals surface area contributed by atoms with Crippen molar-refractivity contribution in [3.05, 3.63) is 23.8 Å². The van der Waals surface area contributed by atoms with Gasteiger partial charge in [0, 0.05) is 18.5 Å². The minimum Gasteiger partial charge on any atom is -0.326 e. The van der Waals surface area contributed by atoms with E-state index in [4.69, 9.17) is 11.6 Å². The zero-order valence-electron chi connectivity index (χ0n) is 10.9. The van der Waals surface area contributed by atoms with Crippen LogP contribution in [0.3, 0.4) is 0 Å². The SMILES string of the molecule is CC(=O)Nc1ccc(C)c(NS(=O)(=O)CCCCl)c1. The van der Waals surface area contributed by atoms with Gasteiger partial charge in [-0.15, -0.1) is 11.6 Å². The number of amides is 1. The van der Waals surface area contributed by atoms with Crippen LogP contribution in [0.1, 0.15) is 18.9 Å². The first-order valence-corrected chi connectivity index (χ1v) is 7.97. The van der Waals surface area contributed by atoms with Crippen molar-refractivity contribution in [2.45, 2.75) is 20.3 Å². The van der Waals surface area contributed by atoms with Crippen LogP contribution in [0, 0.1) is 6.92 Å². The summed E-state index contributed by atoms with van der Waals surface area (Å²) in [5.41, 5.74) is 1.79. The first-order chi connectivity index (χ1) is 8.84. The molecule has 1 rings (SSSR count). The van der Waals surface area contributed by atoms with E-state index in [9.17, 15) is 13.2 Å². The molecule has 0 bridgehead atoms. The zero-order chi connectivity index (χ0) is 14.5. The van der Waals surface area contributed by atoms with Crippen LogP contribution in [-0.2, 0) is 14.8 Å². The first kappa shape index (κ1) is 15.8. The van der Waals surface area contributed by atoms with E-state index < -0.39 is 10.0 Å². The summed E-state index contributed by atoms with van der Waals surface area (Å²) in [7, 11) is -3.41. The van der Waals surface area contributed by atoms with Gasteiger partial charge in [0.25, 0.3) is 0 Å². The fraction of sp³-hybridized carbons (Fsp3) is 0.417. The summed E-state index contributed by atoms with van der Waals surface area (Å²) in [6.07, 6.45) is 0.390. The molecule has 0 aliphatic heterocycles. The number of nitrogens with one attached hydrogen (secondary N) is 2. The Morgan fingerprint density at radius 1 is 1.37 bits per heavy atom. The number of halogens is 1. The third-order valence-corrected chi connectivity index (χ3v) is 3.99. The molecule has 0 aliphatic rings. The summed E-state index contributed by atoms with van der Waals surface area (Å²) in [6, 6.07) is 5.05. The lowest BCUT2D eigenvalue weighted by atomic mass is 10.2. The molecule has 0 aliphatic carbocycles. The molecule has 0 atom stereocenters. The lowest BCUT2D eigenvalue weighted by Crippen LogP contribution is -2.18. The van der Waals surface area contributed by atoms with Crippen molar-refractivity contribution in [3.8, 4) is 0 Å². The zero-order valence-corrected chi connectivity index (χ0v) is 12.4. The van der Waals surface area contributed by atoms with E-state index in [1.54, 1.807) is 25.1 Å². The molecule has 0 fully saturated rings. The Labute approximate surface area is 118 Å². The molecule has 2 N–H and O–H groups in total. The minimum absolute atomic E-state index is 0.0275. The van der Waals surface area contributed by atoms with Crippen molar-refractivity contribution in [1.82, 2.24) is 0 Å². The van der Waals surface area contributed by atoms with Crippen LogP contribution in [-0.4, -0.2) is 26.0 Å². The average molecular weight is 305 g/mol. The molecule has 0 spiro atoms. The molecule has 5 nitrogen and oxygen atoms in total. The largest absolute Gasteiger partial charge is 0.326 e. The molecule has 0 saturated heterocycles. The highest BCUT2D eigenvalue weighted by Gasteiger charge is 2.12. The Hall–Kier alpha value is -1.27. The third kappa shape index (κ3) is 5.48. The summed E-state index contributed by atoms with van der Waals surface area (Å²) in [5, 5.41) is 2.61. The summed E-state index contributed by atoms with van der Waals surface area (Å²) in [6.45, 7) is 3.18. The second kappa shape index (κ2) is 6.77.